The Bertz CT molecular complexity index is 448. The lowest BCUT2D eigenvalue weighted by molar-refractivity contribution is 0.686. The Morgan fingerprint density at radius 1 is 0.889 bits per heavy atom. The molecule has 2 rings (SSSR count). The number of pyridine rings is 1. The maximum absolute atomic E-state index is 4.02. The maximum Gasteiger partial charge on any atom is 0.0270 e. The van der Waals surface area contributed by atoms with Crippen LogP contribution in [0.4, 0.5) is 0 Å². The molecule has 0 radical (unpaired) electrons. The molecule has 0 amide bonds. The van der Waals surface area contributed by atoms with Crippen LogP contribution in [0.1, 0.15) is 23.6 Å². The molecule has 0 aliphatic carbocycles. The molecule has 1 aromatic carbocycles. The highest BCUT2D eigenvalue weighted by atomic mass is 14.8. The summed E-state index contributed by atoms with van der Waals surface area (Å²) in [6, 6.07) is 13.0. The summed E-state index contributed by atoms with van der Waals surface area (Å²) >= 11 is 0. The number of nitrogens with zero attached hydrogens (tertiary/aromatic N) is 1. The minimum atomic E-state index is 0.940. The van der Waals surface area contributed by atoms with Crippen molar-refractivity contribution in [2.45, 2.75) is 26.3 Å². The number of rotatable bonds is 6. The normalized spacial score (nSPS) is 10.5. The van der Waals surface area contributed by atoms with E-state index in [0.717, 1.165) is 25.9 Å². The average molecular weight is 240 g/mol. The van der Waals surface area contributed by atoms with Crippen molar-refractivity contribution in [3.63, 3.8) is 0 Å². The second-order valence-corrected chi connectivity index (χ2v) is 4.45. The van der Waals surface area contributed by atoms with Crippen LogP contribution in [0.3, 0.4) is 0 Å². The van der Waals surface area contributed by atoms with Gasteiger partial charge in [-0.3, -0.25) is 4.98 Å². The second kappa shape index (κ2) is 6.92. The number of aromatic nitrogens is 1. The van der Waals surface area contributed by atoms with Crippen molar-refractivity contribution in [3.8, 4) is 0 Å². The molecule has 2 heteroatoms. The zero-order chi connectivity index (χ0) is 12.6. The smallest absolute Gasteiger partial charge is 0.0270 e. The first-order valence-corrected chi connectivity index (χ1v) is 6.56. The molecule has 0 aliphatic rings. The van der Waals surface area contributed by atoms with Crippen molar-refractivity contribution in [3.05, 3.63) is 65.5 Å². The summed E-state index contributed by atoms with van der Waals surface area (Å²) in [5.74, 6) is 0. The maximum atomic E-state index is 4.02. The Hall–Kier alpha value is -1.67. The predicted molar refractivity (Wildman–Crippen MR) is 75.5 cm³/mol. The SMILES string of the molecule is CCc1ccc(CNCCc2ccncc2)cc1. The molecule has 0 bridgehead atoms. The molecule has 0 saturated heterocycles. The van der Waals surface area contributed by atoms with Crippen LogP contribution in [0.2, 0.25) is 0 Å². The summed E-state index contributed by atoms with van der Waals surface area (Å²) in [5, 5.41) is 3.47. The lowest BCUT2D eigenvalue weighted by Gasteiger charge is -2.06. The highest BCUT2D eigenvalue weighted by molar-refractivity contribution is 5.22. The van der Waals surface area contributed by atoms with E-state index in [1.807, 2.05) is 12.4 Å². The van der Waals surface area contributed by atoms with E-state index < -0.39 is 0 Å². The summed E-state index contributed by atoms with van der Waals surface area (Å²) < 4.78 is 0. The minimum absolute atomic E-state index is 0.940. The molecule has 0 spiro atoms. The molecule has 2 nitrogen and oxygen atoms in total. The van der Waals surface area contributed by atoms with Gasteiger partial charge in [-0.1, -0.05) is 31.2 Å². The van der Waals surface area contributed by atoms with E-state index in [1.165, 1.54) is 16.7 Å². The Kier molecular flexibility index (Phi) is 4.91. The molecular weight excluding hydrogens is 220 g/mol. The summed E-state index contributed by atoms with van der Waals surface area (Å²) in [7, 11) is 0. The molecule has 0 atom stereocenters. The molecule has 1 heterocycles. The van der Waals surface area contributed by atoms with Gasteiger partial charge in [0.2, 0.25) is 0 Å². The Balaban J connectivity index is 1.72. The first-order valence-electron chi connectivity index (χ1n) is 6.56. The third-order valence-electron chi connectivity index (χ3n) is 3.10. The number of nitrogens with one attached hydrogen (secondary N) is 1. The van der Waals surface area contributed by atoms with Crippen molar-refractivity contribution in [1.29, 1.82) is 0 Å². The van der Waals surface area contributed by atoms with Crippen LogP contribution in [0.25, 0.3) is 0 Å². The molecule has 2 aromatic rings. The molecule has 94 valence electrons. The van der Waals surface area contributed by atoms with Crippen LogP contribution in [0.5, 0.6) is 0 Å². The van der Waals surface area contributed by atoms with Crippen LogP contribution in [0.15, 0.2) is 48.8 Å². The third kappa shape index (κ3) is 3.97. The van der Waals surface area contributed by atoms with E-state index in [9.17, 15) is 0 Å². The van der Waals surface area contributed by atoms with Crippen molar-refractivity contribution < 1.29 is 0 Å². The topological polar surface area (TPSA) is 24.9 Å². The first kappa shape index (κ1) is 12.8. The van der Waals surface area contributed by atoms with Crippen molar-refractivity contribution >= 4 is 0 Å². The van der Waals surface area contributed by atoms with Crippen LogP contribution in [-0.4, -0.2) is 11.5 Å². The van der Waals surface area contributed by atoms with Crippen LogP contribution >= 0.6 is 0 Å². The fourth-order valence-electron chi connectivity index (χ4n) is 1.91. The largest absolute Gasteiger partial charge is 0.312 e. The van der Waals surface area contributed by atoms with Gasteiger partial charge in [0.15, 0.2) is 0 Å². The summed E-state index contributed by atoms with van der Waals surface area (Å²) in [4.78, 5) is 4.02. The van der Waals surface area contributed by atoms with Gasteiger partial charge in [0.25, 0.3) is 0 Å². The van der Waals surface area contributed by atoms with Crippen LogP contribution in [0, 0.1) is 0 Å². The Labute approximate surface area is 109 Å². The van der Waals surface area contributed by atoms with Crippen molar-refractivity contribution in [2.75, 3.05) is 6.54 Å². The van der Waals surface area contributed by atoms with E-state index >= 15 is 0 Å². The van der Waals surface area contributed by atoms with Gasteiger partial charge < -0.3 is 5.32 Å². The third-order valence-corrected chi connectivity index (χ3v) is 3.10. The van der Waals surface area contributed by atoms with Crippen LogP contribution in [-0.2, 0) is 19.4 Å². The van der Waals surface area contributed by atoms with Gasteiger partial charge in [-0.25, -0.2) is 0 Å². The van der Waals surface area contributed by atoms with Gasteiger partial charge in [0.1, 0.15) is 0 Å². The molecule has 1 aromatic heterocycles. The van der Waals surface area contributed by atoms with Crippen molar-refractivity contribution in [1.82, 2.24) is 10.3 Å². The molecule has 0 saturated carbocycles. The molecule has 1 N–H and O–H groups in total. The second-order valence-electron chi connectivity index (χ2n) is 4.45. The van der Waals surface area contributed by atoms with Gasteiger partial charge in [0.05, 0.1) is 0 Å². The van der Waals surface area contributed by atoms with Gasteiger partial charge >= 0.3 is 0 Å². The van der Waals surface area contributed by atoms with E-state index in [4.69, 9.17) is 0 Å². The number of hydrogen-bond donors (Lipinski definition) is 1. The lowest BCUT2D eigenvalue weighted by atomic mass is 10.1. The number of hydrogen-bond acceptors (Lipinski definition) is 2. The van der Waals surface area contributed by atoms with Crippen molar-refractivity contribution in [2.24, 2.45) is 0 Å². The quantitative estimate of drug-likeness (QED) is 0.785. The Morgan fingerprint density at radius 3 is 2.22 bits per heavy atom. The number of aryl methyl sites for hydroxylation is 1. The zero-order valence-electron chi connectivity index (χ0n) is 10.9. The van der Waals surface area contributed by atoms with E-state index in [1.54, 1.807) is 0 Å². The van der Waals surface area contributed by atoms with Gasteiger partial charge in [-0.15, -0.1) is 0 Å². The highest BCUT2D eigenvalue weighted by Gasteiger charge is 1.94. The van der Waals surface area contributed by atoms with E-state index in [2.05, 4.69) is 53.6 Å². The van der Waals surface area contributed by atoms with Crippen LogP contribution < -0.4 is 5.32 Å². The molecule has 0 aliphatic heterocycles. The fraction of sp³-hybridized carbons (Fsp3) is 0.312. The molecule has 0 fully saturated rings. The van der Waals surface area contributed by atoms with Gasteiger partial charge in [-0.05, 0) is 48.2 Å². The summed E-state index contributed by atoms with van der Waals surface area (Å²) in [6.45, 7) is 4.12. The minimum Gasteiger partial charge on any atom is -0.312 e. The Morgan fingerprint density at radius 2 is 1.56 bits per heavy atom. The molecule has 18 heavy (non-hydrogen) atoms. The first-order chi connectivity index (χ1) is 8.88. The summed E-state index contributed by atoms with van der Waals surface area (Å²) in [6.07, 6.45) is 5.85. The van der Waals surface area contributed by atoms with E-state index in [0.29, 0.717) is 0 Å². The summed E-state index contributed by atoms with van der Waals surface area (Å²) in [5.41, 5.74) is 4.08. The lowest BCUT2D eigenvalue weighted by Crippen LogP contribution is -2.16. The van der Waals surface area contributed by atoms with Gasteiger partial charge in [-0.2, -0.15) is 0 Å². The monoisotopic (exact) mass is 240 g/mol. The average Bonchev–Trinajstić information content (AvgIpc) is 2.45. The van der Waals surface area contributed by atoms with Gasteiger partial charge in [0, 0.05) is 18.9 Å². The predicted octanol–water partition coefficient (Wildman–Crippen LogP) is 2.98. The standard InChI is InChI=1S/C16H20N2/c1-2-14-3-5-16(6-4-14)13-18-12-9-15-7-10-17-11-8-15/h3-8,10-11,18H,2,9,12-13H2,1H3. The molecular formula is C16H20N2. The zero-order valence-corrected chi connectivity index (χ0v) is 10.9. The molecule has 0 unspecified atom stereocenters. The van der Waals surface area contributed by atoms with E-state index in [-0.39, 0.29) is 0 Å². The number of benzene rings is 1. The fourth-order valence-corrected chi connectivity index (χ4v) is 1.91. The highest BCUT2D eigenvalue weighted by Crippen LogP contribution is 2.04.